The molecule has 0 aliphatic heterocycles. The van der Waals surface area contributed by atoms with Crippen LogP contribution in [0, 0.1) is 23.7 Å². The monoisotopic (exact) mass is 778 g/mol. The van der Waals surface area contributed by atoms with Gasteiger partial charge in [0, 0.05) is 54.6 Å². The van der Waals surface area contributed by atoms with Crippen LogP contribution >= 0.6 is 22.7 Å². The molecule has 2 heterocycles. The highest BCUT2D eigenvalue weighted by Crippen LogP contribution is 2.51. The molecule has 0 N–H and O–H groups in total. The van der Waals surface area contributed by atoms with E-state index in [-0.39, 0.29) is 11.6 Å². The van der Waals surface area contributed by atoms with Crippen LogP contribution in [0.25, 0.3) is 9.75 Å². The number of ketones is 2. The molecule has 274 valence electrons. The van der Waals surface area contributed by atoms with Crippen molar-refractivity contribution < 1.29 is 9.59 Å². The Morgan fingerprint density at radius 1 is 0.379 bits per heavy atom. The number of hydrogen-bond acceptors (Lipinski definition) is 4. The average Bonchev–Trinajstić information content (AvgIpc) is 3.94. The van der Waals surface area contributed by atoms with Gasteiger partial charge in [-0.05, 0) is 81.9 Å². The van der Waals surface area contributed by atoms with E-state index in [1.807, 2.05) is 109 Å². The third kappa shape index (κ3) is 5.89. The smallest absolute Gasteiger partial charge is 0.167 e. The summed E-state index contributed by atoms with van der Waals surface area (Å²) in [5.41, 5.74) is 7.26. The summed E-state index contributed by atoms with van der Waals surface area (Å²) in [6, 6.07) is 61.5. The molecule has 2 aromatic heterocycles. The minimum absolute atomic E-state index is 0.0930. The van der Waals surface area contributed by atoms with Gasteiger partial charge in [-0.25, -0.2) is 0 Å². The van der Waals surface area contributed by atoms with Gasteiger partial charge in [-0.15, -0.1) is 22.7 Å². The predicted molar refractivity (Wildman–Crippen MR) is 236 cm³/mol. The van der Waals surface area contributed by atoms with Crippen molar-refractivity contribution in [2.24, 2.45) is 0 Å². The van der Waals surface area contributed by atoms with Crippen LogP contribution in [0.1, 0.15) is 75.0 Å². The fraction of sp³-hybridized carbons (Fsp3) is 0.0741. The van der Waals surface area contributed by atoms with Crippen LogP contribution in [0.4, 0.5) is 0 Å². The summed E-state index contributed by atoms with van der Waals surface area (Å²) in [7, 11) is 0. The number of Topliss-reactive ketones (excluding diaryl/α,β-unsaturated/α-hetero) is 2. The molecule has 8 aromatic rings. The van der Waals surface area contributed by atoms with Gasteiger partial charge in [0.25, 0.3) is 0 Å². The van der Waals surface area contributed by atoms with E-state index in [1.165, 1.54) is 0 Å². The molecule has 0 bridgehead atoms. The Labute approximate surface area is 346 Å². The van der Waals surface area contributed by atoms with Crippen LogP contribution in [-0.2, 0) is 23.7 Å². The molecule has 2 unspecified atom stereocenters. The second-order valence-electron chi connectivity index (χ2n) is 14.7. The van der Waals surface area contributed by atoms with E-state index in [9.17, 15) is 9.59 Å². The molecule has 0 spiro atoms. The fourth-order valence-electron chi connectivity index (χ4n) is 8.66. The summed E-state index contributed by atoms with van der Waals surface area (Å²) in [5.74, 6) is 14.9. The summed E-state index contributed by atoms with van der Waals surface area (Å²) in [4.78, 5) is 32.2. The summed E-state index contributed by atoms with van der Waals surface area (Å²) >= 11 is 3.43. The van der Waals surface area contributed by atoms with Crippen molar-refractivity contribution >= 4 is 34.2 Å². The number of fused-ring (bicyclic) bond motifs is 4. The standard InChI is InChI=1S/C54H34O2S2/c55-47-35-39-19-7-11-23-43(39)53(45-25-13-9-21-41(45)47,33-31-37-15-3-1-4-16-37)51-29-27-49(57-51)50-28-30-52(58-50)54(34-32-38-17-5-2-6-18-38)44-24-12-8-20-40(44)36-48(56)42-22-10-14-26-46(42)54/h1-30H,35-36H2. The molecule has 4 heteroatoms. The van der Waals surface area contributed by atoms with E-state index < -0.39 is 10.8 Å². The topological polar surface area (TPSA) is 34.1 Å². The fourth-order valence-corrected chi connectivity index (χ4v) is 11.1. The number of carbonyl (C=O) groups excluding carboxylic acids is 2. The Bertz CT molecular complexity index is 2810. The first-order chi connectivity index (χ1) is 28.5. The number of rotatable bonds is 3. The average molecular weight is 779 g/mol. The molecule has 58 heavy (non-hydrogen) atoms. The van der Waals surface area contributed by atoms with E-state index in [2.05, 4.69) is 96.5 Å². The van der Waals surface area contributed by atoms with Crippen molar-refractivity contribution in [1.82, 2.24) is 0 Å². The zero-order chi connectivity index (χ0) is 39.1. The zero-order valence-corrected chi connectivity index (χ0v) is 33.0. The molecule has 0 amide bonds. The van der Waals surface area contributed by atoms with E-state index in [4.69, 9.17) is 0 Å². The molecule has 0 radical (unpaired) electrons. The van der Waals surface area contributed by atoms with Gasteiger partial charge < -0.3 is 0 Å². The maximum atomic E-state index is 14.0. The lowest BCUT2D eigenvalue weighted by atomic mass is 9.71. The SMILES string of the molecule is O=C1Cc2ccccc2C(C#Cc2ccccc2)(c2ccc(-c3ccc(C4(C#Cc5ccccc5)c5ccccc5CC(=O)c5ccccc54)s3)s2)c2ccccc21. The highest BCUT2D eigenvalue weighted by Gasteiger charge is 2.44. The number of carbonyl (C=O) groups is 2. The van der Waals surface area contributed by atoms with E-state index >= 15 is 0 Å². The van der Waals surface area contributed by atoms with Gasteiger partial charge in [0.15, 0.2) is 11.6 Å². The summed E-state index contributed by atoms with van der Waals surface area (Å²) in [6.45, 7) is 0. The van der Waals surface area contributed by atoms with Gasteiger partial charge in [0.05, 0.1) is 0 Å². The van der Waals surface area contributed by atoms with Gasteiger partial charge in [0.2, 0.25) is 0 Å². The molecule has 0 fully saturated rings. The van der Waals surface area contributed by atoms with Crippen molar-refractivity contribution in [2.45, 2.75) is 23.7 Å². The largest absolute Gasteiger partial charge is 0.294 e. The normalized spacial score (nSPS) is 17.8. The van der Waals surface area contributed by atoms with Crippen LogP contribution in [-0.4, -0.2) is 11.6 Å². The molecule has 6 aromatic carbocycles. The second-order valence-corrected chi connectivity index (χ2v) is 16.8. The third-order valence-electron chi connectivity index (χ3n) is 11.3. The Kier molecular flexibility index (Phi) is 8.96. The molecule has 10 rings (SSSR count). The molecule has 2 aliphatic rings. The highest BCUT2D eigenvalue weighted by atomic mass is 32.1. The first-order valence-corrected chi connectivity index (χ1v) is 21.0. The van der Waals surface area contributed by atoms with Gasteiger partial charge >= 0.3 is 0 Å². The molecular formula is C54H34O2S2. The summed E-state index contributed by atoms with van der Waals surface area (Å²) in [6.07, 6.45) is 0.623. The zero-order valence-electron chi connectivity index (χ0n) is 31.4. The van der Waals surface area contributed by atoms with E-state index in [1.54, 1.807) is 22.7 Å². The maximum absolute atomic E-state index is 14.0. The van der Waals surface area contributed by atoms with Crippen molar-refractivity contribution in [2.75, 3.05) is 0 Å². The van der Waals surface area contributed by atoms with Crippen LogP contribution < -0.4 is 0 Å². The molecule has 2 nitrogen and oxygen atoms in total. The second kappa shape index (κ2) is 14.6. The lowest BCUT2D eigenvalue weighted by molar-refractivity contribution is 0.0984. The number of thiophene rings is 2. The first kappa shape index (κ1) is 35.6. The summed E-state index contributed by atoms with van der Waals surface area (Å²) in [5, 5.41) is 0. The Morgan fingerprint density at radius 3 is 1.17 bits per heavy atom. The third-order valence-corrected chi connectivity index (χ3v) is 13.9. The lowest BCUT2D eigenvalue weighted by Gasteiger charge is -2.30. The quantitative estimate of drug-likeness (QED) is 0.167. The predicted octanol–water partition coefficient (Wildman–Crippen LogP) is 11.7. The van der Waals surface area contributed by atoms with Crippen LogP contribution in [0.15, 0.2) is 182 Å². The lowest BCUT2D eigenvalue weighted by Crippen LogP contribution is -2.28. The van der Waals surface area contributed by atoms with Crippen LogP contribution in [0.3, 0.4) is 0 Å². The summed E-state index contributed by atoms with van der Waals surface area (Å²) < 4.78 is 0. The van der Waals surface area contributed by atoms with Crippen LogP contribution in [0.2, 0.25) is 0 Å². The van der Waals surface area contributed by atoms with Crippen molar-refractivity contribution in [1.29, 1.82) is 0 Å². The molecule has 0 saturated heterocycles. The van der Waals surface area contributed by atoms with Gasteiger partial charge in [-0.2, -0.15) is 0 Å². The molecule has 0 saturated carbocycles. The van der Waals surface area contributed by atoms with Crippen molar-refractivity contribution in [3.8, 4) is 33.4 Å². The molecular weight excluding hydrogens is 745 g/mol. The Morgan fingerprint density at radius 2 is 0.741 bits per heavy atom. The van der Waals surface area contributed by atoms with Crippen LogP contribution in [0.5, 0.6) is 0 Å². The molecule has 2 aliphatic carbocycles. The number of hydrogen-bond donors (Lipinski definition) is 0. The van der Waals surface area contributed by atoms with Crippen molar-refractivity contribution in [3.05, 3.63) is 247 Å². The van der Waals surface area contributed by atoms with Gasteiger partial charge in [0.1, 0.15) is 10.8 Å². The van der Waals surface area contributed by atoms with Crippen molar-refractivity contribution in [3.63, 3.8) is 0 Å². The minimum atomic E-state index is -0.903. The number of benzene rings is 6. The highest BCUT2D eigenvalue weighted by molar-refractivity contribution is 7.22. The van der Waals surface area contributed by atoms with E-state index in [0.717, 1.165) is 64.0 Å². The van der Waals surface area contributed by atoms with Gasteiger partial charge in [-0.1, -0.05) is 157 Å². The maximum Gasteiger partial charge on any atom is 0.167 e. The Balaban J connectivity index is 1.19. The Hall–Kier alpha value is -6.82. The minimum Gasteiger partial charge on any atom is -0.294 e. The molecule has 2 atom stereocenters. The van der Waals surface area contributed by atoms with E-state index in [0.29, 0.717) is 24.0 Å². The first-order valence-electron chi connectivity index (χ1n) is 19.3. The van der Waals surface area contributed by atoms with Gasteiger partial charge in [-0.3, -0.25) is 9.59 Å².